The van der Waals surface area contributed by atoms with Crippen molar-refractivity contribution in [3.8, 4) is 0 Å². The fourth-order valence-electron chi connectivity index (χ4n) is 1.89. The van der Waals surface area contributed by atoms with Gasteiger partial charge in [0.25, 0.3) is 0 Å². The number of benzene rings is 1. The third kappa shape index (κ3) is 5.31. The van der Waals surface area contributed by atoms with Crippen molar-refractivity contribution < 1.29 is 9.18 Å². The molecule has 1 heterocycles. The number of nitrogens with one attached hydrogen (secondary N) is 2. The number of nitrogens with zero attached hydrogens (tertiary/aromatic N) is 1. The Morgan fingerprint density at radius 3 is 2.67 bits per heavy atom. The summed E-state index contributed by atoms with van der Waals surface area (Å²) in [6.45, 7) is 1.26. The Morgan fingerprint density at radius 2 is 1.90 bits per heavy atom. The summed E-state index contributed by atoms with van der Waals surface area (Å²) in [6.07, 6.45) is 3.94. The summed E-state index contributed by atoms with van der Waals surface area (Å²) >= 11 is 0. The molecule has 0 aliphatic heterocycles. The number of amides is 1. The van der Waals surface area contributed by atoms with Crippen LogP contribution in [0, 0.1) is 5.82 Å². The molecule has 2 rings (SSSR count). The Hall–Kier alpha value is -2.27. The Balaban J connectivity index is 1.62. The minimum atomic E-state index is -0.207. The molecular formula is C16H18FN3O. The molecule has 0 unspecified atom stereocenters. The highest BCUT2D eigenvalue weighted by Gasteiger charge is 2.02. The maximum Gasteiger partial charge on any atom is 0.234 e. The van der Waals surface area contributed by atoms with E-state index >= 15 is 0 Å². The van der Waals surface area contributed by atoms with Crippen molar-refractivity contribution in [1.82, 2.24) is 15.6 Å². The number of carbonyl (C=O) groups excluding carboxylic acids is 1. The second-order valence-corrected chi connectivity index (χ2v) is 4.65. The Labute approximate surface area is 123 Å². The highest BCUT2D eigenvalue weighted by molar-refractivity contribution is 5.77. The summed E-state index contributed by atoms with van der Waals surface area (Å²) in [5.41, 5.74) is 1.66. The predicted octanol–water partition coefficient (Wildman–Crippen LogP) is 1.67. The monoisotopic (exact) mass is 287 g/mol. The van der Waals surface area contributed by atoms with Gasteiger partial charge in [-0.15, -0.1) is 0 Å². The maximum absolute atomic E-state index is 13.4. The molecular weight excluding hydrogens is 269 g/mol. The first kappa shape index (κ1) is 15.1. The summed E-state index contributed by atoms with van der Waals surface area (Å²) in [5, 5.41) is 5.81. The maximum atomic E-state index is 13.4. The number of pyridine rings is 1. The van der Waals surface area contributed by atoms with Crippen molar-refractivity contribution in [1.29, 1.82) is 0 Å². The number of rotatable bonds is 7. The third-order valence-corrected chi connectivity index (χ3v) is 3.05. The molecule has 0 saturated heterocycles. The van der Waals surface area contributed by atoms with E-state index in [-0.39, 0.29) is 18.3 Å². The normalized spacial score (nSPS) is 10.3. The smallest absolute Gasteiger partial charge is 0.234 e. The number of hydrogen-bond donors (Lipinski definition) is 2. The quantitative estimate of drug-likeness (QED) is 0.762. The van der Waals surface area contributed by atoms with E-state index in [1.807, 2.05) is 12.1 Å². The van der Waals surface area contributed by atoms with Gasteiger partial charge in [-0.25, -0.2) is 4.39 Å². The summed E-state index contributed by atoms with van der Waals surface area (Å²) in [6, 6.07) is 10.4. The molecule has 0 aliphatic carbocycles. The zero-order chi connectivity index (χ0) is 14.9. The second-order valence-electron chi connectivity index (χ2n) is 4.65. The van der Waals surface area contributed by atoms with E-state index in [2.05, 4.69) is 15.6 Å². The highest BCUT2D eigenvalue weighted by Crippen LogP contribution is 2.05. The molecule has 21 heavy (non-hydrogen) atoms. The number of halogens is 1. The van der Waals surface area contributed by atoms with Gasteiger partial charge in [0, 0.05) is 18.9 Å². The number of aromatic nitrogens is 1. The average molecular weight is 287 g/mol. The fraction of sp³-hybridized carbons (Fsp3) is 0.250. The van der Waals surface area contributed by atoms with E-state index in [4.69, 9.17) is 0 Å². The minimum Gasteiger partial charge on any atom is -0.351 e. The van der Waals surface area contributed by atoms with Crippen LogP contribution in [0.2, 0.25) is 0 Å². The second kappa shape index (κ2) is 8.11. The van der Waals surface area contributed by atoms with E-state index in [9.17, 15) is 9.18 Å². The molecule has 2 aromatic rings. The van der Waals surface area contributed by atoms with Gasteiger partial charge in [0.05, 0.1) is 6.54 Å². The molecule has 0 atom stereocenters. The molecule has 1 amide bonds. The zero-order valence-corrected chi connectivity index (χ0v) is 11.7. The van der Waals surface area contributed by atoms with Gasteiger partial charge in [-0.1, -0.05) is 18.2 Å². The van der Waals surface area contributed by atoms with Crippen molar-refractivity contribution in [3.63, 3.8) is 0 Å². The summed E-state index contributed by atoms with van der Waals surface area (Å²) in [5.74, 6) is -0.290. The largest absolute Gasteiger partial charge is 0.351 e. The number of hydrogen-bond acceptors (Lipinski definition) is 3. The molecule has 5 heteroatoms. The number of carbonyl (C=O) groups is 1. The van der Waals surface area contributed by atoms with Crippen LogP contribution in [-0.4, -0.2) is 24.0 Å². The lowest BCUT2D eigenvalue weighted by Crippen LogP contribution is -2.34. The van der Waals surface area contributed by atoms with Gasteiger partial charge in [0.2, 0.25) is 5.91 Å². The van der Waals surface area contributed by atoms with Crippen molar-refractivity contribution in [2.75, 3.05) is 13.1 Å². The SMILES string of the molecule is O=C(CNCCc1ccccc1F)NCc1ccncc1. The van der Waals surface area contributed by atoms with E-state index in [1.54, 1.807) is 30.6 Å². The van der Waals surface area contributed by atoms with E-state index in [1.165, 1.54) is 6.07 Å². The van der Waals surface area contributed by atoms with Gasteiger partial charge in [0.1, 0.15) is 5.82 Å². The summed E-state index contributed by atoms with van der Waals surface area (Å²) in [7, 11) is 0. The zero-order valence-electron chi connectivity index (χ0n) is 11.7. The van der Waals surface area contributed by atoms with Gasteiger partial charge in [-0.3, -0.25) is 9.78 Å². The van der Waals surface area contributed by atoms with E-state index < -0.39 is 0 Å². The van der Waals surface area contributed by atoms with Crippen molar-refractivity contribution >= 4 is 5.91 Å². The van der Waals surface area contributed by atoms with E-state index in [0.29, 0.717) is 25.1 Å². The van der Waals surface area contributed by atoms with Crippen molar-refractivity contribution in [3.05, 3.63) is 65.7 Å². The first-order valence-electron chi connectivity index (χ1n) is 6.85. The Bertz CT molecular complexity index is 575. The van der Waals surface area contributed by atoms with Crippen molar-refractivity contribution in [2.24, 2.45) is 0 Å². The Morgan fingerprint density at radius 1 is 1.14 bits per heavy atom. The first-order chi connectivity index (χ1) is 10.3. The fourth-order valence-corrected chi connectivity index (χ4v) is 1.89. The third-order valence-electron chi connectivity index (χ3n) is 3.05. The molecule has 0 saturated carbocycles. The molecule has 1 aromatic carbocycles. The van der Waals surface area contributed by atoms with Gasteiger partial charge >= 0.3 is 0 Å². The lowest BCUT2D eigenvalue weighted by molar-refractivity contribution is -0.120. The standard InChI is InChI=1S/C16H18FN3O/c17-15-4-2-1-3-14(15)7-10-19-12-16(21)20-11-13-5-8-18-9-6-13/h1-6,8-9,19H,7,10-12H2,(H,20,21). The molecule has 0 bridgehead atoms. The lowest BCUT2D eigenvalue weighted by Gasteiger charge is -2.07. The highest BCUT2D eigenvalue weighted by atomic mass is 19.1. The predicted molar refractivity (Wildman–Crippen MR) is 79.1 cm³/mol. The summed E-state index contributed by atoms with van der Waals surface area (Å²) in [4.78, 5) is 15.5. The van der Waals surface area contributed by atoms with Gasteiger partial charge < -0.3 is 10.6 Å². The van der Waals surface area contributed by atoms with Gasteiger partial charge in [0.15, 0.2) is 0 Å². The van der Waals surface area contributed by atoms with Crippen LogP contribution >= 0.6 is 0 Å². The lowest BCUT2D eigenvalue weighted by atomic mass is 10.1. The van der Waals surface area contributed by atoms with Crippen LogP contribution < -0.4 is 10.6 Å². The molecule has 0 aliphatic rings. The van der Waals surface area contributed by atoms with Crippen LogP contribution in [0.3, 0.4) is 0 Å². The van der Waals surface area contributed by atoms with Crippen LogP contribution in [0.4, 0.5) is 4.39 Å². The van der Waals surface area contributed by atoms with Crippen LogP contribution in [0.1, 0.15) is 11.1 Å². The van der Waals surface area contributed by atoms with Crippen molar-refractivity contribution in [2.45, 2.75) is 13.0 Å². The molecule has 2 N–H and O–H groups in total. The first-order valence-corrected chi connectivity index (χ1v) is 6.85. The molecule has 0 radical (unpaired) electrons. The van der Waals surface area contributed by atoms with Crippen LogP contribution in [-0.2, 0) is 17.8 Å². The molecule has 110 valence electrons. The topological polar surface area (TPSA) is 54.0 Å². The molecule has 0 fully saturated rings. The minimum absolute atomic E-state index is 0.0830. The van der Waals surface area contributed by atoms with Crippen LogP contribution in [0.5, 0.6) is 0 Å². The van der Waals surface area contributed by atoms with Gasteiger partial charge in [-0.2, -0.15) is 0 Å². The van der Waals surface area contributed by atoms with E-state index in [0.717, 1.165) is 5.56 Å². The molecule has 1 aromatic heterocycles. The summed E-state index contributed by atoms with van der Waals surface area (Å²) < 4.78 is 13.4. The average Bonchev–Trinajstić information content (AvgIpc) is 2.52. The van der Waals surface area contributed by atoms with Crippen LogP contribution in [0.15, 0.2) is 48.8 Å². The van der Waals surface area contributed by atoms with Gasteiger partial charge in [-0.05, 0) is 42.3 Å². The van der Waals surface area contributed by atoms with Crippen LogP contribution in [0.25, 0.3) is 0 Å². The molecule has 4 nitrogen and oxygen atoms in total. The molecule has 0 spiro atoms. The Kier molecular flexibility index (Phi) is 5.84.